The Labute approximate surface area is 132 Å². The highest BCUT2D eigenvalue weighted by Crippen LogP contribution is 2.36. The average molecular weight is 355 g/mol. The summed E-state index contributed by atoms with van der Waals surface area (Å²) in [5.41, 5.74) is 0.849. The molecule has 1 aromatic carbocycles. The average Bonchev–Trinajstić information content (AvgIpc) is 2.71. The number of carbonyl (C=O) groups is 2. The first-order valence-electron chi connectivity index (χ1n) is 6.87. The molecule has 5 nitrogen and oxygen atoms in total. The first-order chi connectivity index (χ1) is 9.77. The van der Waals surface area contributed by atoms with Crippen molar-refractivity contribution in [2.75, 3.05) is 5.32 Å². The third kappa shape index (κ3) is 4.20. The third-order valence-corrected chi connectivity index (χ3v) is 4.46. The molecule has 2 rings (SSSR count). The van der Waals surface area contributed by atoms with Crippen LogP contribution in [-0.2, 0) is 0 Å². The number of anilines is 1. The van der Waals surface area contributed by atoms with Gasteiger partial charge in [-0.2, -0.15) is 0 Å². The van der Waals surface area contributed by atoms with E-state index in [0.29, 0.717) is 10.2 Å². The Balaban J connectivity index is 2.00. The lowest BCUT2D eigenvalue weighted by Crippen LogP contribution is -2.37. The summed E-state index contributed by atoms with van der Waals surface area (Å²) in [6.07, 6.45) is 3.02. The fraction of sp³-hybridized carbons (Fsp3) is 0.467. The minimum Gasteiger partial charge on any atom is -0.478 e. The zero-order valence-electron chi connectivity index (χ0n) is 12.1. The van der Waals surface area contributed by atoms with Gasteiger partial charge >= 0.3 is 12.0 Å². The molecule has 6 heteroatoms. The van der Waals surface area contributed by atoms with Crippen molar-refractivity contribution in [2.24, 2.45) is 5.41 Å². The van der Waals surface area contributed by atoms with E-state index in [1.165, 1.54) is 12.1 Å². The molecular formula is C15H19BrN2O3. The lowest BCUT2D eigenvalue weighted by Gasteiger charge is -2.18. The highest BCUT2D eigenvalue weighted by Gasteiger charge is 2.31. The van der Waals surface area contributed by atoms with E-state index < -0.39 is 5.97 Å². The maximum Gasteiger partial charge on any atom is 0.335 e. The van der Waals surface area contributed by atoms with Gasteiger partial charge in [-0.3, -0.25) is 0 Å². The third-order valence-electron chi connectivity index (χ3n) is 3.77. The van der Waals surface area contributed by atoms with Gasteiger partial charge in [-0.1, -0.05) is 13.8 Å². The maximum atomic E-state index is 12.0. The van der Waals surface area contributed by atoms with Crippen molar-refractivity contribution in [3.63, 3.8) is 0 Å². The van der Waals surface area contributed by atoms with Crippen LogP contribution in [0.5, 0.6) is 0 Å². The Bertz CT molecular complexity index is 572. The molecule has 0 saturated heterocycles. The molecule has 1 atom stereocenters. The van der Waals surface area contributed by atoms with Crippen molar-refractivity contribution in [1.82, 2.24) is 5.32 Å². The van der Waals surface area contributed by atoms with E-state index >= 15 is 0 Å². The van der Waals surface area contributed by atoms with E-state index in [2.05, 4.69) is 40.4 Å². The van der Waals surface area contributed by atoms with E-state index in [-0.39, 0.29) is 23.1 Å². The first-order valence-corrected chi connectivity index (χ1v) is 7.66. The van der Waals surface area contributed by atoms with Gasteiger partial charge < -0.3 is 15.7 Å². The molecule has 0 heterocycles. The summed E-state index contributed by atoms with van der Waals surface area (Å²) in [6, 6.07) is 4.39. The maximum absolute atomic E-state index is 12.0. The first kappa shape index (κ1) is 15.8. The molecule has 3 N–H and O–H groups in total. The number of rotatable bonds is 3. The van der Waals surface area contributed by atoms with E-state index in [1.807, 2.05) is 0 Å². The number of carboxylic acid groups (broad SMARTS) is 1. The van der Waals surface area contributed by atoms with Crippen LogP contribution in [0.3, 0.4) is 0 Å². The van der Waals surface area contributed by atoms with Gasteiger partial charge in [-0.15, -0.1) is 0 Å². The number of aromatic carboxylic acids is 1. The molecule has 0 aromatic heterocycles. The normalized spacial score (nSPS) is 20.0. The van der Waals surface area contributed by atoms with Crippen LogP contribution in [0.2, 0.25) is 0 Å². The van der Waals surface area contributed by atoms with Crippen molar-refractivity contribution < 1.29 is 14.7 Å². The number of hydrogen-bond donors (Lipinski definition) is 3. The molecule has 2 amide bonds. The SMILES string of the molecule is CC1(C)CCC(NC(=O)Nc2cc(C(=O)O)ccc2Br)C1. The van der Waals surface area contributed by atoms with Crippen molar-refractivity contribution in [1.29, 1.82) is 0 Å². The van der Waals surface area contributed by atoms with Crippen LogP contribution in [0, 0.1) is 5.41 Å². The molecule has 0 spiro atoms. The van der Waals surface area contributed by atoms with Gasteiger partial charge in [-0.05, 0) is 58.8 Å². The lowest BCUT2D eigenvalue weighted by atomic mass is 9.92. The second kappa shape index (κ2) is 6.05. The summed E-state index contributed by atoms with van der Waals surface area (Å²) in [5.74, 6) is -1.02. The van der Waals surface area contributed by atoms with Crippen LogP contribution >= 0.6 is 15.9 Å². The highest BCUT2D eigenvalue weighted by atomic mass is 79.9. The quantitative estimate of drug-likeness (QED) is 0.771. The van der Waals surface area contributed by atoms with Gasteiger partial charge in [0, 0.05) is 10.5 Å². The second-order valence-electron chi connectivity index (χ2n) is 6.20. The smallest absolute Gasteiger partial charge is 0.335 e. The van der Waals surface area contributed by atoms with E-state index in [0.717, 1.165) is 19.3 Å². The van der Waals surface area contributed by atoms with Gasteiger partial charge in [0.2, 0.25) is 0 Å². The number of benzene rings is 1. The monoisotopic (exact) mass is 354 g/mol. The number of carboxylic acids is 1. The summed E-state index contributed by atoms with van der Waals surface area (Å²) >= 11 is 3.30. The van der Waals surface area contributed by atoms with Crippen LogP contribution in [0.4, 0.5) is 10.5 Å². The Morgan fingerprint density at radius 2 is 2.10 bits per heavy atom. The summed E-state index contributed by atoms with van der Waals surface area (Å²) in [6.45, 7) is 4.39. The lowest BCUT2D eigenvalue weighted by molar-refractivity contribution is 0.0697. The van der Waals surface area contributed by atoms with Crippen molar-refractivity contribution in [3.8, 4) is 0 Å². The topological polar surface area (TPSA) is 78.4 Å². The molecule has 1 unspecified atom stereocenters. The predicted octanol–water partition coefficient (Wildman–Crippen LogP) is 3.85. The van der Waals surface area contributed by atoms with Crippen LogP contribution in [0.15, 0.2) is 22.7 Å². The minimum absolute atomic E-state index is 0.135. The molecule has 21 heavy (non-hydrogen) atoms. The Kier molecular flexibility index (Phi) is 4.56. The number of urea groups is 1. The van der Waals surface area contributed by atoms with Crippen molar-refractivity contribution >= 4 is 33.6 Å². The molecule has 114 valence electrons. The number of hydrogen-bond acceptors (Lipinski definition) is 2. The largest absolute Gasteiger partial charge is 0.478 e. The molecular weight excluding hydrogens is 336 g/mol. The molecule has 1 aliphatic carbocycles. The summed E-state index contributed by atoms with van der Waals surface area (Å²) in [4.78, 5) is 23.0. The zero-order chi connectivity index (χ0) is 15.6. The van der Waals surface area contributed by atoms with Crippen LogP contribution in [0.1, 0.15) is 43.5 Å². The number of nitrogens with one attached hydrogen (secondary N) is 2. The Morgan fingerprint density at radius 1 is 1.38 bits per heavy atom. The van der Waals surface area contributed by atoms with Gasteiger partial charge in [0.25, 0.3) is 0 Å². The van der Waals surface area contributed by atoms with Gasteiger partial charge in [0.05, 0.1) is 11.3 Å². The summed E-state index contributed by atoms with van der Waals surface area (Å²) in [5, 5.41) is 14.6. The molecule has 0 radical (unpaired) electrons. The molecule has 0 aliphatic heterocycles. The fourth-order valence-corrected chi connectivity index (χ4v) is 3.00. The standard InChI is InChI=1S/C15H19BrN2O3/c1-15(2)6-5-10(8-15)17-14(21)18-12-7-9(13(19)20)3-4-11(12)16/h3-4,7,10H,5-6,8H2,1-2H3,(H,19,20)(H2,17,18,21). The second-order valence-corrected chi connectivity index (χ2v) is 7.06. The molecule has 1 saturated carbocycles. The van der Waals surface area contributed by atoms with Gasteiger partial charge in [0.1, 0.15) is 0 Å². The molecule has 0 bridgehead atoms. The van der Waals surface area contributed by atoms with E-state index in [1.54, 1.807) is 6.07 Å². The van der Waals surface area contributed by atoms with Crippen molar-refractivity contribution in [2.45, 2.75) is 39.2 Å². The highest BCUT2D eigenvalue weighted by molar-refractivity contribution is 9.10. The van der Waals surface area contributed by atoms with Gasteiger partial charge in [0.15, 0.2) is 0 Å². The van der Waals surface area contributed by atoms with Crippen LogP contribution in [0.25, 0.3) is 0 Å². The van der Waals surface area contributed by atoms with Crippen LogP contribution in [-0.4, -0.2) is 23.1 Å². The number of halogens is 1. The molecule has 1 fully saturated rings. The fourth-order valence-electron chi connectivity index (χ4n) is 2.66. The molecule has 1 aromatic rings. The zero-order valence-corrected chi connectivity index (χ0v) is 13.7. The minimum atomic E-state index is -1.02. The van der Waals surface area contributed by atoms with Gasteiger partial charge in [-0.25, -0.2) is 9.59 Å². The Hall–Kier alpha value is -1.56. The number of amides is 2. The van der Waals surface area contributed by atoms with E-state index in [9.17, 15) is 9.59 Å². The molecule has 1 aliphatic rings. The predicted molar refractivity (Wildman–Crippen MR) is 84.7 cm³/mol. The van der Waals surface area contributed by atoms with Crippen molar-refractivity contribution in [3.05, 3.63) is 28.2 Å². The van der Waals surface area contributed by atoms with E-state index in [4.69, 9.17) is 5.11 Å². The van der Waals surface area contributed by atoms with Crippen LogP contribution < -0.4 is 10.6 Å². The Morgan fingerprint density at radius 3 is 2.67 bits per heavy atom. The summed E-state index contributed by atoms with van der Waals surface area (Å²) < 4.78 is 0.648. The number of carbonyl (C=O) groups excluding carboxylic acids is 1. The summed E-state index contributed by atoms with van der Waals surface area (Å²) in [7, 11) is 0.